The van der Waals surface area contributed by atoms with E-state index in [2.05, 4.69) is 0 Å². The van der Waals surface area contributed by atoms with Gasteiger partial charge in [0.25, 0.3) is 0 Å². The fraction of sp³-hybridized carbons (Fsp3) is 0.600. The molecule has 0 spiro atoms. The summed E-state index contributed by atoms with van der Waals surface area (Å²) in [5.74, 6) is -2.91. The van der Waals surface area contributed by atoms with Crippen molar-refractivity contribution in [1.82, 2.24) is 0 Å². The third-order valence-electron chi connectivity index (χ3n) is 5.25. The molecule has 5 atom stereocenters. The molecule has 0 aromatic heterocycles. The Hall–Kier alpha value is -3.14. The van der Waals surface area contributed by atoms with Crippen molar-refractivity contribution in [1.29, 1.82) is 0 Å². The van der Waals surface area contributed by atoms with Crippen LogP contribution in [0.4, 0.5) is 0 Å². The van der Waals surface area contributed by atoms with Gasteiger partial charge in [-0.1, -0.05) is 32.9 Å². The number of carboxylic acid groups (broad SMARTS) is 1. The normalized spacial score (nSPS) is 23.7. The first kappa shape index (κ1) is 28.1. The van der Waals surface area contributed by atoms with E-state index < -0.39 is 54.6 Å². The number of carboxylic acids is 1. The van der Waals surface area contributed by atoms with Crippen molar-refractivity contribution < 1.29 is 48.0 Å². The van der Waals surface area contributed by atoms with Crippen LogP contribution in [0.25, 0.3) is 0 Å². The standard InChI is InChI=1S/C25H34O10/c1-5-10-18(26)33-21-15(4)31-25(32-17-14-9-8-13-16(17)24(29)30)23(35-20(28)12-7-3)22(21)34-19(27)11-6-2/h8-9,13-15,21-23,25H,5-7,10-12H2,1-4H3,(H,29,30)/t15-,21-,22+,23+,25-/m0/s1. The summed E-state index contributed by atoms with van der Waals surface area (Å²) in [6, 6.07) is 5.92. The molecular weight excluding hydrogens is 460 g/mol. The third-order valence-corrected chi connectivity index (χ3v) is 5.25. The molecule has 0 bridgehead atoms. The van der Waals surface area contributed by atoms with Gasteiger partial charge in [-0.05, 0) is 38.3 Å². The molecule has 35 heavy (non-hydrogen) atoms. The van der Waals surface area contributed by atoms with E-state index in [1.165, 1.54) is 18.2 Å². The maximum Gasteiger partial charge on any atom is 0.339 e. The van der Waals surface area contributed by atoms with E-state index in [9.17, 15) is 24.3 Å². The van der Waals surface area contributed by atoms with E-state index in [1.54, 1.807) is 26.8 Å². The first-order valence-corrected chi connectivity index (χ1v) is 11.9. The van der Waals surface area contributed by atoms with Crippen molar-refractivity contribution in [2.45, 2.75) is 96.9 Å². The Labute approximate surface area is 204 Å². The van der Waals surface area contributed by atoms with Gasteiger partial charge < -0.3 is 28.8 Å². The molecule has 1 heterocycles. The molecule has 10 nitrogen and oxygen atoms in total. The lowest BCUT2D eigenvalue weighted by Crippen LogP contribution is -2.62. The van der Waals surface area contributed by atoms with Crippen LogP contribution >= 0.6 is 0 Å². The molecule has 1 aliphatic heterocycles. The Morgan fingerprint density at radius 1 is 0.800 bits per heavy atom. The van der Waals surface area contributed by atoms with Gasteiger partial charge in [0.15, 0.2) is 12.2 Å². The SMILES string of the molecule is CCCC(=O)O[C@@H]1[C@@H](OC(=O)CCC)[C@H](C)O[C@@H](Oc2ccccc2C(=O)O)[C@@H]1OC(=O)CCC. The maximum atomic E-state index is 12.5. The van der Waals surface area contributed by atoms with Gasteiger partial charge in [-0.15, -0.1) is 0 Å². The van der Waals surface area contributed by atoms with Crippen molar-refractivity contribution in [3.05, 3.63) is 29.8 Å². The number of hydrogen-bond acceptors (Lipinski definition) is 9. The van der Waals surface area contributed by atoms with Crippen LogP contribution in [0.5, 0.6) is 5.75 Å². The molecule has 0 amide bonds. The van der Waals surface area contributed by atoms with Gasteiger partial charge in [-0.3, -0.25) is 14.4 Å². The topological polar surface area (TPSA) is 135 Å². The fourth-order valence-electron chi connectivity index (χ4n) is 3.61. The largest absolute Gasteiger partial charge is 0.478 e. The highest BCUT2D eigenvalue weighted by molar-refractivity contribution is 5.90. The zero-order chi connectivity index (χ0) is 26.0. The Bertz CT molecular complexity index is 883. The highest BCUT2D eigenvalue weighted by Gasteiger charge is 2.52. The van der Waals surface area contributed by atoms with Gasteiger partial charge in [0.1, 0.15) is 11.3 Å². The van der Waals surface area contributed by atoms with E-state index in [0.29, 0.717) is 19.3 Å². The number of carbonyl (C=O) groups excluding carboxylic acids is 3. The first-order valence-electron chi connectivity index (χ1n) is 11.9. The summed E-state index contributed by atoms with van der Waals surface area (Å²) in [6.07, 6.45) is -3.85. The van der Waals surface area contributed by atoms with Gasteiger partial charge >= 0.3 is 23.9 Å². The van der Waals surface area contributed by atoms with Crippen molar-refractivity contribution >= 4 is 23.9 Å². The molecule has 2 rings (SSSR count). The van der Waals surface area contributed by atoms with Gasteiger partial charge in [-0.25, -0.2) is 4.79 Å². The third kappa shape index (κ3) is 7.95. The van der Waals surface area contributed by atoms with Gasteiger partial charge in [0.2, 0.25) is 12.4 Å². The number of carbonyl (C=O) groups is 4. The van der Waals surface area contributed by atoms with Crippen molar-refractivity contribution in [3.8, 4) is 5.75 Å². The molecule has 1 N–H and O–H groups in total. The molecular formula is C25H34O10. The Kier molecular flexibility index (Phi) is 11.0. The van der Waals surface area contributed by atoms with Crippen LogP contribution in [0.2, 0.25) is 0 Å². The number of esters is 3. The lowest BCUT2D eigenvalue weighted by atomic mass is 9.98. The zero-order valence-corrected chi connectivity index (χ0v) is 20.6. The minimum atomic E-state index is -1.33. The number of rotatable bonds is 12. The average molecular weight is 495 g/mol. The lowest BCUT2D eigenvalue weighted by molar-refractivity contribution is -0.281. The second-order valence-corrected chi connectivity index (χ2v) is 8.24. The van der Waals surface area contributed by atoms with Crippen molar-refractivity contribution in [3.63, 3.8) is 0 Å². The Balaban J connectivity index is 2.46. The molecule has 1 fully saturated rings. The zero-order valence-electron chi connectivity index (χ0n) is 20.6. The van der Waals surface area contributed by atoms with Crippen molar-refractivity contribution in [2.75, 3.05) is 0 Å². The minimum absolute atomic E-state index is 0.0196. The van der Waals surface area contributed by atoms with Crippen LogP contribution in [0.3, 0.4) is 0 Å². The summed E-state index contributed by atoms with van der Waals surface area (Å²) < 4.78 is 28.7. The predicted molar refractivity (Wildman–Crippen MR) is 123 cm³/mol. The quantitative estimate of drug-likeness (QED) is 0.339. The monoisotopic (exact) mass is 494 g/mol. The van der Waals surface area contributed by atoms with Crippen LogP contribution in [0, 0.1) is 0 Å². The van der Waals surface area contributed by atoms with Crippen LogP contribution in [0.15, 0.2) is 24.3 Å². The van der Waals surface area contributed by atoms with E-state index in [-0.39, 0.29) is 30.6 Å². The molecule has 0 aliphatic carbocycles. The number of para-hydroxylation sites is 1. The second kappa shape index (κ2) is 13.7. The summed E-state index contributed by atoms with van der Waals surface area (Å²) in [7, 11) is 0. The summed E-state index contributed by atoms with van der Waals surface area (Å²) in [5.41, 5.74) is -0.126. The molecule has 0 radical (unpaired) electrons. The van der Waals surface area contributed by atoms with E-state index in [1.807, 2.05) is 6.92 Å². The second-order valence-electron chi connectivity index (χ2n) is 8.24. The summed E-state index contributed by atoms with van der Waals surface area (Å²) in [6.45, 7) is 7.03. The number of ether oxygens (including phenoxy) is 5. The smallest absolute Gasteiger partial charge is 0.339 e. The molecule has 194 valence electrons. The number of hydrogen-bond donors (Lipinski definition) is 1. The summed E-state index contributed by atoms with van der Waals surface area (Å²) in [4.78, 5) is 48.9. The van der Waals surface area contributed by atoms with Crippen LogP contribution < -0.4 is 4.74 Å². The molecule has 1 aromatic rings. The minimum Gasteiger partial charge on any atom is -0.478 e. The number of aromatic carboxylic acids is 1. The summed E-state index contributed by atoms with van der Waals surface area (Å²) in [5, 5.41) is 9.52. The number of benzene rings is 1. The highest BCUT2D eigenvalue weighted by Crippen LogP contribution is 2.32. The van der Waals surface area contributed by atoms with Gasteiger partial charge in [0, 0.05) is 19.3 Å². The van der Waals surface area contributed by atoms with Crippen LogP contribution in [-0.2, 0) is 33.3 Å². The van der Waals surface area contributed by atoms with E-state index >= 15 is 0 Å². The Morgan fingerprint density at radius 2 is 1.29 bits per heavy atom. The van der Waals surface area contributed by atoms with Gasteiger partial charge in [-0.2, -0.15) is 0 Å². The van der Waals surface area contributed by atoms with E-state index in [4.69, 9.17) is 23.7 Å². The molecule has 1 aliphatic rings. The van der Waals surface area contributed by atoms with Crippen molar-refractivity contribution in [2.24, 2.45) is 0 Å². The molecule has 10 heteroatoms. The van der Waals surface area contributed by atoms with E-state index in [0.717, 1.165) is 0 Å². The molecule has 1 saturated heterocycles. The highest BCUT2D eigenvalue weighted by atomic mass is 16.7. The van der Waals surface area contributed by atoms with Crippen LogP contribution in [-0.4, -0.2) is 59.7 Å². The lowest BCUT2D eigenvalue weighted by Gasteiger charge is -2.43. The summed E-state index contributed by atoms with van der Waals surface area (Å²) >= 11 is 0. The average Bonchev–Trinajstić information content (AvgIpc) is 2.79. The first-order chi connectivity index (χ1) is 16.7. The predicted octanol–water partition coefficient (Wildman–Crippen LogP) is 3.64. The molecule has 0 saturated carbocycles. The molecule has 0 unspecified atom stereocenters. The Morgan fingerprint density at radius 3 is 1.80 bits per heavy atom. The maximum absolute atomic E-state index is 12.5. The fourth-order valence-corrected chi connectivity index (χ4v) is 3.61. The van der Waals surface area contributed by atoms with Gasteiger partial charge in [0.05, 0.1) is 6.10 Å². The molecule has 1 aromatic carbocycles. The van der Waals surface area contributed by atoms with Crippen LogP contribution in [0.1, 0.15) is 76.6 Å².